The highest BCUT2D eigenvalue weighted by Gasteiger charge is 2.21. The van der Waals surface area contributed by atoms with Crippen molar-refractivity contribution in [3.05, 3.63) is 27.0 Å². The van der Waals surface area contributed by atoms with E-state index in [0.717, 1.165) is 40.4 Å². The van der Waals surface area contributed by atoms with Crippen LogP contribution in [-0.4, -0.2) is 54.2 Å². The van der Waals surface area contributed by atoms with Crippen molar-refractivity contribution < 1.29 is 9.53 Å². The summed E-state index contributed by atoms with van der Waals surface area (Å²) in [4.78, 5) is 20.2. The maximum atomic E-state index is 12.2. The highest BCUT2D eigenvalue weighted by molar-refractivity contribution is 9.10. The summed E-state index contributed by atoms with van der Waals surface area (Å²) in [6, 6.07) is 2.02. The minimum Gasteiger partial charge on any atom is -0.373 e. The van der Waals surface area contributed by atoms with Crippen LogP contribution in [0.5, 0.6) is 0 Å². The Hall–Kier alpha value is -0.800. The van der Waals surface area contributed by atoms with Gasteiger partial charge < -0.3 is 10.1 Å². The van der Waals surface area contributed by atoms with Crippen molar-refractivity contribution in [2.45, 2.75) is 32.5 Å². The quantitative estimate of drug-likeness (QED) is 0.688. The maximum absolute atomic E-state index is 12.2. The number of nitrogens with one attached hydrogen (secondary N) is 1. The van der Waals surface area contributed by atoms with E-state index in [4.69, 9.17) is 4.74 Å². The van der Waals surface area contributed by atoms with E-state index in [1.54, 1.807) is 11.3 Å². The average Bonchev–Trinajstić information content (AvgIpc) is 3.19. The number of amides is 1. The van der Waals surface area contributed by atoms with Crippen LogP contribution in [0.2, 0.25) is 0 Å². The lowest BCUT2D eigenvalue weighted by Crippen LogP contribution is -2.46. The third-order valence-electron chi connectivity index (χ3n) is 3.95. The number of nitrogens with zero attached hydrogens (tertiary/aromatic N) is 2. The van der Waals surface area contributed by atoms with Gasteiger partial charge in [-0.2, -0.15) is 0 Å². The number of carbonyl (C=O) groups is 1. The summed E-state index contributed by atoms with van der Waals surface area (Å²) in [5, 5.41) is 7.70. The summed E-state index contributed by atoms with van der Waals surface area (Å²) in [5.74, 6) is -0.0955. The predicted octanol–water partition coefficient (Wildman–Crippen LogP) is 3.86. The predicted molar refractivity (Wildman–Crippen MR) is 107 cm³/mol. The largest absolute Gasteiger partial charge is 0.373 e. The highest BCUT2D eigenvalue weighted by Crippen LogP contribution is 2.31. The fourth-order valence-electron chi connectivity index (χ4n) is 2.98. The van der Waals surface area contributed by atoms with Gasteiger partial charge in [0.25, 0.3) is 5.91 Å². The average molecular weight is 444 g/mol. The molecule has 2 aromatic heterocycles. The molecule has 0 aromatic carbocycles. The van der Waals surface area contributed by atoms with E-state index in [1.807, 2.05) is 16.8 Å². The Morgan fingerprint density at radius 1 is 1.36 bits per heavy atom. The standard InChI is InChI=1S/C17H22BrN3O2S2/c1-11-7-21(8-12(2)23-11)5-3-4-19-16(22)14-10-25-17(20-14)15-6-13(18)9-24-15/h6,9-12H,3-5,7-8H2,1-2H3,(H,19,22). The van der Waals surface area contributed by atoms with E-state index < -0.39 is 0 Å². The number of hydrogen-bond donors (Lipinski definition) is 1. The summed E-state index contributed by atoms with van der Waals surface area (Å²) in [6.07, 6.45) is 1.49. The van der Waals surface area contributed by atoms with Gasteiger partial charge in [0.1, 0.15) is 10.7 Å². The number of ether oxygens (including phenoxy) is 1. The zero-order valence-corrected chi connectivity index (χ0v) is 17.5. The monoisotopic (exact) mass is 443 g/mol. The Balaban J connectivity index is 1.43. The lowest BCUT2D eigenvalue weighted by atomic mass is 10.2. The first-order chi connectivity index (χ1) is 12.0. The number of carbonyl (C=O) groups excluding carboxylic acids is 1. The molecular formula is C17H22BrN3O2S2. The van der Waals surface area contributed by atoms with Gasteiger partial charge in [-0.3, -0.25) is 9.69 Å². The van der Waals surface area contributed by atoms with E-state index in [-0.39, 0.29) is 18.1 Å². The summed E-state index contributed by atoms with van der Waals surface area (Å²) in [6.45, 7) is 7.78. The van der Waals surface area contributed by atoms with Crippen LogP contribution >= 0.6 is 38.6 Å². The van der Waals surface area contributed by atoms with Gasteiger partial charge in [0.05, 0.1) is 17.1 Å². The third-order valence-corrected chi connectivity index (χ3v) is 6.65. The minimum absolute atomic E-state index is 0.0955. The molecule has 2 atom stereocenters. The summed E-state index contributed by atoms with van der Waals surface area (Å²) in [5.41, 5.74) is 0.498. The molecule has 1 fully saturated rings. The van der Waals surface area contributed by atoms with Crippen LogP contribution in [0.3, 0.4) is 0 Å². The van der Waals surface area contributed by atoms with E-state index in [9.17, 15) is 4.79 Å². The minimum atomic E-state index is -0.0955. The van der Waals surface area contributed by atoms with Crippen molar-refractivity contribution >= 4 is 44.5 Å². The zero-order valence-electron chi connectivity index (χ0n) is 14.3. The number of hydrogen-bond acceptors (Lipinski definition) is 6. The highest BCUT2D eigenvalue weighted by atomic mass is 79.9. The van der Waals surface area contributed by atoms with Crippen LogP contribution in [0, 0.1) is 0 Å². The molecule has 2 unspecified atom stereocenters. The first-order valence-electron chi connectivity index (χ1n) is 8.37. The number of halogens is 1. The Kier molecular flexibility index (Phi) is 6.62. The van der Waals surface area contributed by atoms with E-state index in [0.29, 0.717) is 12.2 Å². The van der Waals surface area contributed by atoms with Gasteiger partial charge in [0.2, 0.25) is 0 Å². The van der Waals surface area contributed by atoms with Gasteiger partial charge in [-0.15, -0.1) is 22.7 Å². The second-order valence-electron chi connectivity index (χ2n) is 6.29. The number of rotatable bonds is 6. The van der Waals surface area contributed by atoms with Gasteiger partial charge in [-0.1, -0.05) is 0 Å². The molecular weight excluding hydrogens is 422 g/mol. The van der Waals surface area contributed by atoms with Gasteiger partial charge >= 0.3 is 0 Å². The molecule has 8 heteroatoms. The van der Waals surface area contributed by atoms with E-state index in [1.165, 1.54) is 11.3 Å². The van der Waals surface area contributed by atoms with Crippen LogP contribution in [0.25, 0.3) is 9.88 Å². The lowest BCUT2D eigenvalue weighted by Gasteiger charge is -2.35. The summed E-state index contributed by atoms with van der Waals surface area (Å²) in [7, 11) is 0. The molecule has 0 radical (unpaired) electrons. The number of morpholine rings is 1. The van der Waals surface area contributed by atoms with Crippen molar-refractivity contribution in [3.8, 4) is 9.88 Å². The Morgan fingerprint density at radius 3 is 2.80 bits per heavy atom. The molecule has 3 rings (SSSR count). The van der Waals surface area contributed by atoms with Crippen LogP contribution in [-0.2, 0) is 4.74 Å². The number of thiazole rings is 1. The van der Waals surface area contributed by atoms with Crippen LogP contribution in [0.15, 0.2) is 21.3 Å². The maximum Gasteiger partial charge on any atom is 0.270 e. The Labute approximate surface area is 164 Å². The molecule has 136 valence electrons. The summed E-state index contributed by atoms with van der Waals surface area (Å²) >= 11 is 6.56. The van der Waals surface area contributed by atoms with E-state index in [2.05, 4.69) is 45.0 Å². The topological polar surface area (TPSA) is 54.5 Å². The van der Waals surface area contributed by atoms with Gasteiger partial charge in [0.15, 0.2) is 0 Å². The molecule has 0 bridgehead atoms. The molecule has 1 aliphatic heterocycles. The normalized spacial score (nSPS) is 21.4. The van der Waals surface area contributed by atoms with Crippen molar-refractivity contribution in [2.75, 3.05) is 26.2 Å². The molecule has 5 nitrogen and oxygen atoms in total. The number of thiophene rings is 1. The molecule has 1 aliphatic rings. The first kappa shape index (κ1) is 19.0. The van der Waals surface area contributed by atoms with Crippen LogP contribution in [0.4, 0.5) is 0 Å². The molecule has 1 amide bonds. The SMILES string of the molecule is CC1CN(CCCNC(=O)c2csc(-c3cc(Br)cs3)n2)CC(C)O1. The molecule has 2 aromatic rings. The van der Waals surface area contributed by atoms with Crippen LogP contribution in [0.1, 0.15) is 30.8 Å². The van der Waals surface area contributed by atoms with Gasteiger partial charge in [0, 0.05) is 41.4 Å². The molecule has 3 heterocycles. The van der Waals surface area contributed by atoms with Gasteiger partial charge in [-0.05, 0) is 42.3 Å². The van der Waals surface area contributed by atoms with Crippen molar-refractivity contribution in [3.63, 3.8) is 0 Å². The molecule has 0 saturated carbocycles. The Bertz CT molecular complexity index is 708. The van der Waals surface area contributed by atoms with E-state index >= 15 is 0 Å². The zero-order chi connectivity index (χ0) is 17.8. The smallest absolute Gasteiger partial charge is 0.270 e. The number of aromatic nitrogens is 1. The fourth-order valence-corrected chi connectivity index (χ4v) is 5.29. The molecule has 0 aliphatic carbocycles. The molecule has 25 heavy (non-hydrogen) atoms. The van der Waals surface area contributed by atoms with Crippen molar-refractivity contribution in [1.82, 2.24) is 15.2 Å². The van der Waals surface area contributed by atoms with Crippen LogP contribution < -0.4 is 5.32 Å². The molecule has 1 saturated heterocycles. The van der Waals surface area contributed by atoms with Crippen molar-refractivity contribution in [2.24, 2.45) is 0 Å². The Morgan fingerprint density at radius 2 is 2.12 bits per heavy atom. The molecule has 1 N–H and O–H groups in total. The van der Waals surface area contributed by atoms with Gasteiger partial charge in [-0.25, -0.2) is 4.98 Å². The fraction of sp³-hybridized carbons (Fsp3) is 0.529. The first-order valence-corrected chi connectivity index (χ1v) is 10.9. The third kappa shape index (κ3) is 5.34. The summed E-state index contributed by atoms with van der Waals surface area (Å²) < 4.78 is 6.78. The lowest BCUT2D eigenvalue weighted by molar-refractivity contribution is -0.0679. The second-order valence-corrected chi connectivity index (χ2v) is 8.98. The second kappa shape index (κ2) is 8.73. The molecule has 0 spiro atoms. The van der Waals surface area contributed by atoms with Crippen molar-refractivity contribution in [1.29, 1.82) is 0 Å².